The molecular formula is C20H32N2O2S. The molecule has 0 saturated carbocycles. The SMILES string of the molecule is CC1CCN(Cc2ccccc2OC[C@@H](O)CN2CCSCC2)CC1. The Balaban J connectivity index is 1.48. The quantitative estimate of drug-likeness (QED) is 0.805. The van der Waals surface area contributed by atoms with Gasteiger partial charge in [0.25, 0.3) is 0 Å². The molecule has 0 aromatic heterocycles. The maximum absolute atomic E-state index is 10.3. The largest absolute Gasteiger partial charge is 0.491 e. The number of ether oxygens (including phenoxy) is 1. The molecule has 25 heavy (non-hydrogen) atoms. The number of nitrogens with zero attached hydrogens (tertiary/aromatic N) is 2. The number of hydrogen-bond donors (Lipinski definition) is 1. The minimum atomic E-state index is -0.424. The van der Waals surface area contributed by atoms with E-state index in [0.29, 0.717) is 13.2 Å². The maximum atomic E-state index is 10.3. The van der Waals surface area contributed by atoms with E-state index in [1.54, 1.807) is 0 Å². The van der Waals surface area contributed by atoms with E-state index >= 15 is 0 Å². The molecule has 1 N–H and O–H groups in total. The van der Waals surface area contributed by atoms with Crippen molar-refractivity contribution >= 4 is 11.8 Å². The summed E-state index contributed by atoms with van der Waals surface area (Å²) in [5.41, 5.74) is 1.23. The highest BCUT2D eigenvalue weighted by atomic mass is 32.2. The zero-order chi connectivity index (χ0) is 17.5. The first-order valence-corrected chi connectivity index (χ1v) is 10.8. The van der Waals surface area contributed by atoms with Gasteiger partial charge in [0.15, 0.2) is 0 Å². The van der Waals surface area contributed by atoms with Crippen LogP contribution in [-0.2, 0) is 6.54 Å². The van der Waals surface area contributed by atoms with Crippen molar-refractivity contribution in [1.29, 1.82) is 0 Å². The predicted molar refractivity (Wildman–Crippen MR) is 105 cm³/mol. The Bertz CT molecular complexity index is 514. The Morgan fingerprint density at radius 3 is 2.60 bits per heavy atom. The normalized spacial score (nSPS) is 22.0. The fourth-order valence-electron chi connectivity index (χ4n) is 3.56. The number of piperidine rings is 1. The summed E-state index contributed by atoms with van der Waals surface area (Å²) in [6.07, 6.45) is 2.15. The maximum Gasteiger partial charge on any atom is 0.123 e. The molecule has 3 rings (SSSR count). The number of likely N-dealkylation sites (tertiary alicyclic amines) is 1. The van der Waals surface area contributed by atoms with Crippen LogP contribution in [0.4, 0.5) is 0 Å². The standard InChI is InChI=1S/C20H32N2O2S/c1-17-6-8-21(9-7-17)14-18-4-2-3-5-20(18)24-16-19(23)15-22-10-12-25-13-11-22/h2-5,17,19,23H,6-16H2,1H3/t19-/m0/s1. The van der Waals surface area contributed by atoms with Crippen molar-refractivity contribution in [2.45, 2.75) is 32.4 Å². The lowest BCUT2D eigenvalue weighted by Crippen LogP contribution is -2.40. The molecular weight excluding hydrogens is 332 g/mol. The van der Waals surface area contributed by atoms with Crippen molar-refractivity contribution in [3.05, 3.63) is 29.8 Å². The fraction of sp³-hybridized carbons (Fsp3) is 0.700. The smallest absolute Gasteiger partial charge is 0.123 e. The van der Waals surface area contributed by atoms with E-state index in [1.165, 1.54) is 43.0 Å². The molecule has 1 aromatic carbocycles. The van der Waals surface area contributed by atoms with Gasteiger partial charge in [-0.05, 0) is 37.9 Å². The second-order valence-electron chi connectivity index (χ2n) is 7.44. The number of thioether (sulfide) groups is 1. The Kier molecular flexibility index (Phi) is 7.47. The molecule has 2 saturated heterocycles. The molecule has 140 valence electrons. The molecule has 0 bridgehead atoms. The molecule has 2 aliphatic rings. The van der Waals surface area contributed by atoms with Crippen molar-refractivity contribution in [3.63, 3.8) is 0 Å². The fourth-order valence-corrected chi connectivity index (χ4v) is 4.54. The molecule has 1 atom stereocenters. The third-order valence-corrected chi connectivity index (χ3v) is 6.19. The van der Waals surface area contributed by atoms with E-state index in [9.17, 15) is 5.11 Å². The van der Waals surface area contributed by atoms with E-state index in [2.05, 4.69) is 28.9 Å². The first kappa shape index (κ1) is 19.0. The molecule has 1 aromatic rings. The number of aliphatic hydroxyl groups is 1. The summed E-state index contributed by atoms with van der Waals surface area (Å²) in [5, 5.41) is 10.3. The highest BCUT2D eigenvalue weighted by molar-refractivity contribution is 7.99. The Morgan fingerprint density at radius 2 is 1.84 bits per heavy atom. The minimum Gasteiger partial charge on any atom is -0.491 e. The van der Waals surface area contributed by atoms with Gasteiger partial charge >= 0.3 is 0 Å². The lowest BCUT2D eigenvalue weighted by Gasteiger charge is -2.31. The van der Waals surface area contributed by atoms with Gasteiger partial charge in [0.05, 0.1) is 0 Å². The number of β-amino-alcohol motifs (C(OH)–C–C–N with tert-alkyl or cyclic N) is 1. The third-order valence-electron chi connectivity index (χ3n) is 5.25. The molecule has 0 spiro atoms. The molecule has 5 heteroatoms. The Morgan fingerprint density at radius 1 is 1.12 bits per heavy atom. The van der Waals surface area contributed by atoms with Crippen LogP contribution in [0, 0.1) is 5.92 Å². The predicted octanol–water partition coefficient (Wildman–Crippen LogP) is 2.71. The van der Waals surface area contributed by atoms with E-state index in [1.807, 2.05) is 23.9 Å². The number of rotatable bonds is 7. The summed E-state index contributed by atoms with van der Waals surface area (Å²) < 4.78 is 5.99. The Labute approximate surface area is 156 Å². The van der Waals surface area contributed by atoms with E-state index in [-0.39, 0.29) is 0 Å². The minimum absolute atomic E-state index is 0.373. The molecule has 2 fully saturated rings. The van der Waals surface area contributed by atoms with Gasteiger partial charge in [0.1, 0.15) is 18.5 Å². The summed E-state index contributed by atoms with van der Waals surface area (Å²) in [7, 11) is 0. The van der Waals surface area contributed by atoms with Crippen molar-refractivity contribution in [1.82, 2.24) is 9.80 Å². The number of para-hydroxylation sites is 1. The van der Waals surface area contributed by atoms with Crippen LogP contribution in [0.15, 0.2) is 24.3 Å². The topological polar surface area (TPSA) is 35.9 Å². The molecule has 2 heterocycles. The number of hydrogen-bond acceptors (Lipinski definition) is 5. The van der Waals surface area contributed by atoms with Gasteiger partial charge in [-0.3, -0.25) is 9.80 Å². The van der Waals surface area contributed by atoms with Gasteiger partial charge in [-0.25, -0.2) is 0 Å². The van der Waals surface area contributed by atoms with Crippen molar-refractivity contribution in [3.8, 4) is 5.75 Å². The summed E-state index contributed by atoms with van der Waals surface area (Å²) in [6, 6.07) is 8.29. The van der Waals surface area contributed by atoms with Gasteiger partial charge < -0.3 is 9.84 Å². The van der Waals surface area contributed by atoms with Crippen molar-refractivity contribution in [2.24, 2.45) is 5.92 Å². The van der Waals surface area contributed by atoms with Crippen LogP contribution in [0.5, 0.6) is 5.75 Å². The monoisotopic (exact) mass is 364 g/mol. The van der Waals surface area contributed by atoms with Crippen LogP contribution < -0.4 is 4.74 Å². The summed E-state index contributed by atoms with van der Waals surface area (Å²) in [6.45, 7) is 8.87. The summed E-state index contributed by atoms with van der Waals surface area (Å²) in [5.74, 6) is 4.12. The zero-order valence-corrected chi connectivity index (χ0v) is 16.2. The van der Waals surface area contributed by atoms with Crippen LogP contribution in [0.2, 0.25) is 0 Å². The van der Waals surface area contributed by atoms with Gasteiger partial charge in [-0.1, -0.05) is 25.1 Å². The first-order valence-electron chi connectivity index (χ1n) is 9.62. The number of benzene rings is 1. The summed E-state index contributed by atoms with van der Waals surface area (Å²) in [4.78, 5) is 4.86. The molecule has 4 nitrogen and oxygen atoms in total. The molecule has 0 amide bonds. The second kappa shape index (κ2) is 9.81. The second-order valence-corrected chi connectivity index (χ2v) is 8.67. The molecule has 2 aliphatic heterocycles. The Hall–Kier alpha value is -0.750. The van der Waals surface area contributed by atoms with Crippen LogP contribution in [-0.4, -0.2) is 71.8 Å². The average Bonchev–Trinajstić information content (AvgIpc) is 2.64. The average molecular weight is 365 g/mol. The van der Waals surface area contributed by atoms with Gasteiger partial charge in [-0.15, -0.1) is 0 Å². The highest BCUT2D eigenvalue weighted by Gasteiger charge is 2.18. The van der Waals surface area contributed by atoms with Gasteiger partial charge in [0.2, 0.25) is 0 Å². The van der Waals surface area contributed by atoms with E-state index < -0.39 is 6.10 Å². The van der Waals surface area contributed by atoms with Crippen LogP contribution in [0.1, 0.15) is 25.3 Å². The molecule has 0 unspecified atom stereocenters. The zero-order valence-electron chi connectivity index (χ0n) is 15.4. The van der Waals surface area contributed by atoms with E-state index in [4.69, 9.17) is 4.74 Å². The van der Waals surface area contributed by atoms with Gasteiger partial charge in [0, 0.05) is 43.2 Å². The van der Waals surface area contributed by atoms with Crippen molar-refractivity contribution in [2.75, 3.05) is 50.8 Å². The summed E-state index contributed by atoms with van der Waals surface area (Å²) >= 11 is 2.00. The number of aliphatic hydroxyl groups excluding tert-OH is 1. The van der Waals surface area contributed by atoms with Gasteiger partial charge in [-0.2, -0.15) is 11.8 Å². The lowest BCUT2D eigenvalue weighted by molar-refractivity contribution is 0.0706. The molecule has 0 radical (unpaired) electrons. The van der Waals surface area contributed by atoms with Crippen molar-refractivity contribution < 1.29 is 9.84 Å². The molecule has 0 aliphatic carbocycles. The van der Waals surface area contributed by atoms with Crippen LogP contribution in [0.25, 0.3) is 0 Å². The van der Waals surface area contributed by atoms with Crippen LogP contribution >= 0.6 is 11.8 Å². The van der Waals surface area contributed by atoms with E-state index in [0.717, 1.165) is 31.3 Å². The van der Waals surface area contributed by atoms with Crippen LogP contribution in [0.3, 0.4) is 0 Å². The third kappa shape index (κ3) is 6.17. The lowest BCUT2D eigenvalue weighted by atomic mass is 9.99. The highest BCUT2D eigenvalue weighted by Crippen LogP contribution is 2.23. The first-order chi connectivity index (χ1) is 12.2.